The molecule has 0 bridgehead atoms. The standard InChI is InChI=1S/C67H50F6O14/c1-5-55(74)46-16-8-39(30-52(46)63(84)85)37-10-19-49(62(82)83)51(29-37)59(78)26-36-7-15-45(54(24-36)66(68,69)70)44-14-6-35(22-33(44)2)25-58(77)50-28-38(11-18-48(50)61(80)81)40-9-17-47(53(31-40)64(86)87)60(79)32-41-27-43(13-21-57(41)76)65(4,67(71,72)73)42-12-20-56(75)34(3)23-42/h6-24,27-31,75-76H,5,25-26,32H2,1-4H3,(H,80,81)(H,82,83)(H,84,85)(H,86,87). The normalized spacial score (nSPS) is 12.3. The van der Waals surface area contributed by atoms with Crippen molar-refractivity contribution < 1.29 is 95.3 Å². The molecule has 20 heteroatoms. The topological polar surface area (TPSA) is 258 Å². The van der Waals surface area contributed by atoms with E-state index in [1.165, 1.54) is 86.6 Å². The zero-order chi connectivity index (χ0) is 63.8. The first kappa shape index (κ1) is 62.5. The SMILES string of the molecule is CCC(=O)c1ccc(-c2ccc(C(=O)O)c(C(=O)Cc3ccc(-c4ccc(CC(=O)c5cc(-c6ccc(C(=O)Cc7cc(C(C)(c8ccc(O)c(C)c8)C(F)(F)F)ccc7O)c(C(=O)O)c6)ccc5C(=O)O)cc4C)c(C(F)(F)F)c3)c2)cc1C(=O)O. The lowest BCUT2D eigenvalue weighted by atomic mass is 9.74. The highest BCUT2D eigenvalue weighted by molar-refractivity contribution is 6.11. The van der Waals surface area contributed by atoms with Gasteiger partial charge in [0.1, 0.15) is 16.9 Å². The second-order valence-corrected chi connectivity index (χ2v) is 20.8. The van der Waals surface area contributed by atoms with Crippen LogP contribution in [-0.2, 0) is 30.9 Å². The van der Waals surface area contributed by atoms with Gasteiger partial charge in [0, 0.05) is 53.5 Å². The highest BCUT2D eigenvalue weighted by atomic mass is 19.4. The third-order valence-electron chi connectivity index (χ3n) is 15.2. The van der Waals surface area contributed by atoms with E-state index in [0.717, 1.165) is 79.7 Å². The van der Waals surface area contributed by atoms with Gasteiger partial charge in [0.15, 0.2) is 23.1 Å². The first-order chi connectivity index (χ1) is 40.8. The van der Waals surface area contributed by atoms with E-state index in [4.69, 9.17) is 0 Å². The molecule has 0 aliphatic carbocycles. The highest BCUT2D eigenvalue weighted by Crippen LogP contribution is 2.48. The summed E-state index contributed by atoms with van der Waals surface area (Å²) in [5, 5.41) is 61.0. The molecule has 0 radical (unpaired) electrons. The minimum atomic E-state index is -5.01. The molecule has 14 nitrogen and oxygen atoms in total. The third-order valence-corrected chi connectivity index (χ3v) is 15.2. The number of aryl methyl sites for hydroxylation is 2. The minimum absolute atomic E-state index is 0.0130. The Balaban J connectivity index is 1.04. The summed E-state index contributed by atoms with van der Waals surface area (Å²) in [6.07, 6.45) is -11.9. The first-order valence-corrected chi connectivity index (χ1v) is 26.4. The number of carboxylic acids is 4. The van der Waals surface area contributed by atoms with E-state index in [-0.39, 0.29) is 107 Å². The van der Waals surface area contributed by atoms with Crippen molar-refractivity contribution in [3.05, 3.63) is 235 Å². The number of benzene rings is 8. The number of halogens is 6. The monoisotopic (exact) mass is 1190 g/mol. The van der Waals surface area contributed by atoms with Gasteiger partial charge in [0.2, 0.25) is 0 Å². The molecule has 0 saturated heterocycles. The van der Waals surface area contributed by atoms with E-state index < -0.39 is 118 Å². The number of carboxylic acid groups (broad SMARTS) is 4. The second-order valence-electron chi connectivity index (χ2n) is 20.8. The average Bonchev–Trinajstić information content (AvgIpc) is 0.827. The predicted molar refractivity (Wildman–Crippen MR) is 305 cm³/mol. The molecule has 0 spiro atoms. The van der Waals surface area contributed by atoms with Crippen molar-refractivity contribution >= 4 is 47.0 Å². The molecule has 8 aromatic carbocycles. The van der Waals surface area contributed by atoms with E-state index in [9.17, 15) is 95.3 Å². The van der Waals surface area contributed by atoms with Gasteiger partial charge < -0.3 is 30.6 Å². The minimum Gasteiger partial charge on any atom is -0.508 e. The largest absolute Gasteiger partial charge is 0.508 e. The van der Waals surface area contributed by atoms with Crippen molar-refractivity contribution in [2.24, 2.45) is 0 Å². The van der Waals surface area contributed by atoms with Crippen LogP contribution in [0.25, 0.3) is 33.4 Å². The molecule has 0 heterocycles. The summed E-state index contributed by atoms with van der Waals surface area (Å²) in [7, 11) is 0. The number of aromatic carboxylic acids is 4. The van der Waals surface area contributed by atoms with Crippen LogP contribution >= 0.6 is 0 Å². The molecular weight excluding hydrogens is 1140 g/mol. The molecule has 0 aliphatic heterocycles. The van der Waals surface area contributed by atoms with Crippen molar-refractivity contribution in [1.29, 1.82) is 0 Å². The lowest BCUT2D eigenvalue weighted by molar-refractivity contribution is -0.173. The van der Waals surface area contributed by atoms with E-state index in [1.54, 1.807) is 6.92 Å². The number of Topliss-reactive ketones (excluding diaryl/α,β-unsaturated/α-hetero) is 4. The van der Waals surface area contributed by atoms with Gasteiger partial charge in [-0.2, -0.15) is 26.3 Å². The van der Waals surface area contributed by atoms with Crippen molar-refractivity contribution in [3.63, 3.8) is 0 Å². The van der Waals surface area contributed by atoms with Crippen LogP contribution in [0.3, 0.4) is 0 Å². The zero-order valence-electron chi connectivity index (χ0n) is 46.4. The maximum Gasteiger partial charge on any atom is 0.417 e. The first-order valence-electron chi connectivity index (χ1n) is 26.4. The Labute approximate surface area is 491 Å². The van der Waals surface area contributed by atoms with Gasteiger partial charge in [-0.05, 0) is 154 Å². The number of ketones is 4. The molecule has 0 aromatic heterocycles. The summed E-state index contributed by atoms with van der Waals surface area (Å²) in [5.74, 6) is -9.88. The molecule has 444 valence electrons. The van der Waals surface area contributed by atoms with Gasteiger partial charge >= 0.3 is 36.2 Å². The number of carbonyl (C=O) groups excluding carboxylic acids is 4. The van der Waals surface area contributed by atoms with Gasteiger partial charge in [-0.25, -0.2) is 19.2 Å². The number of aromatic hydroxyl groups is 2. The average molecular weight is 1190 g/mol. The van der Waals surface area contributed by atoms with Crippen molar-refractivity contribution in [3.8, 4) is 44.9 Å². The predicted octanol–water partition coefficient (Wildman–Crippen LogP) is 14.3. The van der Waals surface area contributed by atoms with Crippen LogP contribution in [0.4, 0.5) is 26.3 Å². The van der Waals surface area contributed by atoms with E-state index in [0.29, 0.717) is 0 Å². The summed E-state index contributed by atoms with van der Waals surface area (Å²) in [4.78, 5) is 104. The highest BCUT2D eigenvalue weighted by Gasteiger charge is 2.54. The van der Waals surface area contributed by atoms with Gasteiger partial charge in [-0.1, -0.05) is 85.8 Å². The second kappa shape index (κ2) is 24.2. The Morgan fingerprint density at radius 2 is 0.793 bits per heavy atom. The lowest BCUT2D eigenvalue weighted by Gasteiger charge is -2.34. The van der Waals surface area contributed by atoms with E-state index in [2.05, 4.69) is 0 Å². The molecule has 8 aromatic rings. The quantitative estimate of drug-likeness (QED) is 0.0306. The number of hydrogen-bond donors (Lipinski definition) is 6. The molecule has 0 aliphatic rings. The molecule has 0 amide bonds. The number of carbonyl (C=O) groups is 8. The van der Waals surface area contributed by atoms with Crippen LogP contribution in [0.5, 0.6) is 11.5 Å². The summed E-state index contributed by atoms with van der Waals surface area (Å²) in [6.45, 7) is 5.33. The maximum atomic E-state index is 14.9. The number of alkyl halides is 6. The summed E-state index contributed by atoms with van der Waals surface area (Å²) in [5.41, 5.74) is -6.98. The van der Waals surface area contributed by atoms with Crippen LogP contribution in [0.15, 0.2) is 146 Å². The molecule has 0 saturated carbocycles. The van der Waals surface area contributed by atoms with Crippen LogP contribution < -0.4 is 0 Å². The van der Waals surface area contributed by atoms with Crippen LogP contribution in [0, 0.1) is 13.8 Å². The van der Waals surface area contributed by atoms with E-state index >= 15 is 0 Å². The fourth-order valence-electron chi connectivity index (χ4n) is 10.4. The molecule has 87 heavy (non-hydrogen) atoms. The lowest BCUT2D eigenvalue weighted by Crippen LogP contribution is -2.40. The summed E-state index contributed by atoms with van der Waals surface area (Å²) in [6, 6.07) is 28.1. The van der Waals surface area contributed by atoms with Crippen molar-refractivity contribution in [2.75, 3.05) is 0 Å². The van der Waals surface area contributed by atoms with Gasteiger partial charge in [0.25, 0.3) is 0 Å². The fraction of sp³-hybridized carbons (Fsp3) is 0.164. The van der Waals surface area contributed by atoms with Gasteiger partial charge in [-0.15, -0.1) is 0 Å². The number of rotatable bonds is 20. The molecule has 0 fully saturated rings. The van der Waals surface area contributed by atoms with Crippen molar-refractivity contribution in [1.82, 2.24) is 0 Å². The number of phenolic OH excluding ortho intramolecular Hbond substituents is 2. The van der Waals surface area contributed by atoms with Crippen molar-refractivity contribution in [2.45, 2.75) is 71.1 Å². The smallest absolute Gasteiger partial charge is 0.417 e. The molecule has 1 atom stereocenters. The van der Waals surface area contributed by atoms with Crippen LogP contribution in [0.2, 0.25) is 0 Å². The van der Waals surface area contributed by atoms with E-state index in [1.807, 2.05) is 0 Å². The summed E-state index contributed by atoms with van der Waals surface area (Å²) < 4.78 is 89.7. The molecule has 8 rings (SSSR count). The Morgan fingerprint density at radius 3 is 1.22 bits per heavy atom. The van der Waals surface area contributed by atoms with Gasteiger partial charge in [0.05, 0.1) is 27.8 Å². The number of hydrogen-bond acceptors (Lipinski definition) is 10. The fourth-order valence-corrected chi connectivity index (χ4v) is 10.4. The molecular formula is C67H50F6O14. The Bertz CT molecular complexity index is 4210. The third kappa shape index (κ3) is 12.8. The molecule has 6 N–H and O–H groups in total. The van der Waals surface area contributed by atoms with Crippen LogP contribution in [0.1, 0.15) is 148 Å². The Kier molecular flexibility index (Phi) is 17.4. The number of phenols is 2. The zero-order valence-corrected chi connectivity index (χ0v) is 46.4. The van der Waals surface area contributed by atoms with Crippen LogP contribution in [-0.4, -0.2) is 83.8 Å². The maximum absolute atomic E-state index is 14.9. The Morgan fingerprint density at radius 1 is 0.391 bits per heavy atom. The summed E-state index contributed by atoms with van der Waals surface area (Å²) >= 11 is 0. The Hall–Kier alpha value is -10.5. The van der Waals surface area contributed by atoms with Gasteiger partial charge in [-0.3, -0.25) is 19.2 Å². The molecule has 1 unspecified atom stereocenters.